The van der Waals surface area contributed by atoms with Crippen LogP contribution in [0, 0.1) is 18.8 Å². The Morgan fingerprint density at radius 1 is 1.12 bits per heavy atom. The lowest BCUT2D eigenvalue weighted by molar-refractivity contribution is 0.0366. The number of fused-ring (bicyclic) bond motifs is 2. The summed E-state index contributed by atoms with van der Waals surface area (Å²) in [6.07, 6.45) is 1.67. The molecular weight excluding hydrogens is 342 g/mol. The minimum Gasteiger partial charge on any atom is -0.391 e. The van der Waals surface area contributed by atoms with E-state index < -0.39 is 0 Å². The van der Waals surface area contributed by atoms with Gasteiger partial charge >= 0.3 is 0 Å². The van der Waals surface area contributed by atoms with Gasteiger partial charge in [-0.3, -0.25) is 4.90 Å². The molecule has 0 unspecified atom stereocenters. The van der Waals surface area contributed by atoms with E-state index in [0.717, 1.165) is 49.3 Å². The Balaban J connectivity index is 1.38. The molecule has 1 N–H and O–H groups in total. The first-order chi connectivity index (χ1) is 12.7. The summed E-state index contributed by atoms with van der Waals surface area (Å²) in [6.45, 7) is 5.39. The van der Waals surface area contributed by atoms with Gasteiger partial charge in [0.25, 0.3) is 0 Å². The molecule has 1 saturated heterocycles. The van der Waals surface area contributed by atoms with Crippen molar-refractivity contribution in [1.82, 2.24) is 14.5 Å². The Bertz CT molecular complexity index is 903. The van der Waals surface area contributed by atoms with Crippen LogP contribution in [0.1, 0.15) is 29.6 Å². The van der Waals surface area contributed by atoms with Gasteiger partial charge < -0.3 is 9.67 Å². The normalized spacial score (nSPS) is 29.3. The van der Waals surface area contributed by atoms with E-state index in [0.29, 0.717) is 11.8 Å². The number of thiophene rings is 1. The molecular formula is C21H25N3OS. The zero-order chi connectivity index (χ0) is 17.7. The number of hydrogen-bond acceptors (Lipinski definition) is 4. The average Bonchev–Trinajstić information content (AvgIpc) is 3.32. The summed E-state index contributed by atoms with van der Waals surface area (Å²) in [6, 6.07) is 12.8. The van der Waals surface area contributed by atoms with Gasteiger partial charge in [0.2, 0.25) is 0 Å². The van der Waals surface area contributed by atoms with Crippen molar-refractivity contribution in [1.29, 1.82) is 0 Å². The van der Waals surface area contributed by atoms with E-state index in [2.05, 4.69) is 52.1 Å². The topological polar surface area (TPSA) is 41.3 Å². The third-order valence-electron chi connectivity index (χ3n) is 6.25. The van der Waals surface area contributed by atoms with Crippen LogP contribution in [0.3, 0.4) is 0 Å². The number of aliphatic hydroxyl groups excluding tert-OH is 1. The highest BCUT2D eigenvalue weighted by Crippen LogP contribution is 2.43. The molecule has 1 aliphatic carbocycles. The van der Waals surface area contributed by atoms with Gasteiger partial charge in [-0.1, -0.05) is 18.2 Å². The number of aryl methyl sites for hydroxylation is 1. The Labute approximate surface area is 158 Å². The highest BCUT2D eigenvalue weighted by Gasteiger charge is 2.42. The minimum atomic E-state index is -0.283. The number of benzene rings is 1. The third-order valence-corrected chi connectivity index (χ3v) is 7.11. The van der Waals surface area contributed by atoms with Crippen LogP contribution in [-0.2, 0) is 6.54 Å². The van der Waals surface area contributed by atoms with Crippen molar-refractivity contribution < 1.29 is 5.11 Å². The number of aliphatic hydroxyl groups is 1. The molecule has 2 aromatic heterocycles. The Kier molecular flexibility index (Phi) is 4.11. The smallest absolute Gasteiger partial charge is 0.107 e. The fourth-order valence-electron chi connectivity index (χ4n) is 5.12. The molecule has 2 fully saturated rings. The van der Waals surface area contributed by atoms with Gasteiger partial charge in [-0.05, 0) is 55.2 Å². The average molecular weight is 368 g/mol. The van der Waals surface area contributed by atoms with Gasteiger partial charge in [0.1, 0.15) is 5.82 Å². The van der Waals surface area contributed by atoms with Gasteiger partial charge in [-0.15, -0.1) is 11.3 Å². The molecule has 1 saturated carbocycles. The predicted octanol–water partition coefficient (Wildman–Crippen LogP) is 3.85. The molecule has 2 aliphatic rings. The summed E-state index contributed by atoms with van der Waals surface area (Å²) in [7, 11) is 0. The summed E-state index contributed by atoms with van der Waals surface area (Å²) in [5, 5.41) is 13.1. The lowest BCUT2D eigenvalue weighted by Gasteiger charge is -2.36. The van der Waals surface area contributed by atoms with Gasteiger partial charge in [0.05, 0.1) is 23.2 Å². The number of hydrogen-bond donors (Lipinski definition) is 1. The molecule has 136 valence electrons. The van der Waals surface area contributed by atoms with Crippen LogP contribution in [0.15, 0.2) is 41.8 Å². The summed E-state index contributed by atoms with van der Waals surface area (Å²) in [5.74, 6) is 2.31. The lowest BCUT2D eigenvalue weighted by atomic mass is 9.77. The third kappa shape index (κ3) is 2.79. The zero-order valence-electron chi connectivity index (χ0n) is 15.1. The van der Waals surface area contributed by atoms with E-state index in [-0.39, 0.29) is 12.1 Å². The highest BCUT2D eigenvalue weighted by atomic mass is 32.1. The summed E-state index contributed by atoms with van der Waals surface area (Å²) in [5.41, 5.74) is 2.19. The van der Waals surface area contributed by atoms with E-state index in [1.54, 1.807) is 0 Å². The van der Waals surface area contributed by atoms with E-state index in [1.807, 2.05) is 17.4 Å². The fraction of sp³-hybridized carbons (Fsp3) is 0.476. The van der Waals surface area contributed by atoms with E-state index in [4.69, 9.17) is 4.98 Å². The van der Waals surface area contributed by atoms with Crippen LogP contribution >= 0.6 is 11.3 Å². The van der Waals surface area contributed by atoms with E-state index in [9.17, 15) is 5.11 Å². The van der Waals surface area contributed by atoms with Crippen molar-refractivity contribution in [3.8, 4) is 0 Å². The van der Waals surface area contributed by atoms with Crippen molar-refractivity contribution in [2.75, 3.05) is 13.1 Å². The maximum Gasteiger partial charge on any atom is 0.107 e. The SMILES string of the molecule is Cc1nc2ccccc2n1[C@H]1C[C@H]2CN(Cc3cccs3)C[C@H]2C[C@@H]1O. The van der Waals surface area contributed by atoms with Crippen molar-refractivity contribution >= 4 is 22.4 Å². The van der Waals surface area contributed by atoms with Gasteiger partial charge in [-0.2, -0.15) is 0 Å². The van der Waals surface area contributed by atoms with Gasteiger partial charge in [0.15, 0.2) is 0 Å². The highest BCUT2D eigenvalue weighted by molar-refractivity contribution is 7.09. The molecule has 0 radical (unpaired) electrons. The van der Waals surface area contributed by atoms with Crippen molar-refractivity contribution in [2.45, 2.75) is 38.5 Å². The molecule has 5 rings (SSSR count). The number of rotatable bonds is 3. The molecule has 0 spiro atoms. The largest absolute Gasteiger partial charge is 0.391 e. The molecule has 3 heterocycles. The Morgan fingerprint density at radius 2 is 1.92 bits per heavy atom. The first-order valence-corrected chi connectivity index (χ1v) is 10.4. The van der Waals surface area contributed by atoms with Crippen LogP contribution in [0.25, 0.3) is 11.0 Å². The number of para-hydroxylation sites is 2. The van der Waals surface area contributed by atoms with Crippen molar-refractivity contribution in [3.05, 3.63) is 52.5 Å². The monoisotopic (exact) mass is 367 g/mol. The molecule has 1 aliphatic heterocycles. The minimum absolute atomic E-state index is 0.144. The van der Waals surface area contributed by atoms with E-state index in [1.165, 1.54) is 4.88 Å². The number of aromatic nitrogens is 2. The lowest BCUT2D eigenvalue weighted by Crippen LogP contribution is -2.36. The number of imidazole rings is 1. The maximum atomic E-state index is 10.9. The molecule has 3 aromatic rings. The second kappa shape index (κ2) is 6.48. The molecule has 26 heavy (non-hydrogen) atoms. The molecule has 4 atom stereocenters. The molecule has 1 aromatic carbocycles. The Morgan fingerprint density at radius 3 is 2.73 bits per heavy atom. The zero-order valence-corrected chi connectivity index (χ0v) is 15.9. The second-order valence-electron chi connectivity index (χ2n) is 7.92. The van der Waals surface area contributed by atoms with Crippen LogP contribution in [0.4, 0.5) is 0 Å². The van der Waals surface area contributed by atoms with Crippen molar-refractivity contribution in [2.24, 2.45) is 11.8 Å². The van der Waals surface area contributed by atoms with Crippen LogP contribution in [0.2, 0.25) is 0 Å². The van der Waals surface area contributed by atoms with Crippen LogP contribution in [0.5, 0.6) is 0 Å². The molecule has 5 heteroatoms. The Hall–Kier alpha value is -1.69. The summed E-state index contributed by atoms with van der Waals surface area (Å²) < 4.78 is 2.29. The molecule has 4 nitrogen and oxygen atoms in total. The molecule has 0 amide bonds. The first-order valence-electron chi connectivity index (χ1n) is 9.55. The molecule has 0 bridgehead atoms. The van der Waals surface area contributed by atoms with Gasteiger partial charge in [-0.25, -0.2) is 4.98 Å². The van der Waals surface area contributed by atoms with Gasteiger partial charge in [0, 0.05) is 24.5 Å². The second-order valence-corrected chi connectivity index (χ2v) is 8.95. The summed E-state index contributed by atoms with van der Waals surface area (Å²) in [4.78, 5) is 8.74. The number of likely N-dealkylation sites (tertiary alicyclic amines) is 1. The predicted molar refractivity (Wildman–Crippen MR) is 105 cm³/mol. The van der Waals surface area contributed by atoms with Crippen molar-refractivity contribution in [3.63, 3.8) is 0 Å². The maximum absolute atomic E-state index is 10.9. The van der Waals surface area contributed by atoms with Crippen LogP contribution in [-0.4, -0.2) is 38.8 Å². The first kappa shape index (κ1) is 16.5. The quantitative estimate of drug-likeness (QED) is 0.764. The van der Waals surface area contributed by atoms with E-state index >= 15 is 0 Å². The summed E-state index contributed by atoms with van der Waals surface area (Å²) >= 11 is 1.84. The fourth-order valence-corrected chi connectivity index (χ4v) is 5.86. The number of nitrogens with zero attached hydrogens (tertiary/aromatic N) is 3. The van der Waals surface area contributed by atoms with Crippen LogP contribution < -0.4 is 0 Å². The standard InChI is InChI=1S/C21H25N3OS/c1-14-22-18-6-2-3-7-19(18)24(14)20-9-15-11-23(12-16(15)10-21(20)25)13-17-5-4-8-26-17/h2-8,15-16,20-21,25H,9-13H2,1H3/t15-,16+,20-,21-/m0/s1.